The molecule has 1 aromatic rings. The molecule has 0 aromatic carbocycles. The summed E-state index contributed by atoms with van der Waals surface area (Å²) in [6, 6.07) is 2.05. The maximum Gasteiger partial charge on any atom is 0.312 e. The Morgan fingerprint density at radius 2 is 2.40 bits per heavy atom. The van der Waals surface area contributed by atoms with Crippen LogP contribution in [0.25, 0.3) is 0 Å². The van der Waals surface area contributed by atoms with Gasteiger partial charge >= 0.3 is 5.69 Å². The Hall–Kier alpha value is -1.21. The number of anilines is 1. The summed E-state index contributed by atoms with van der Waals surface area (Å²) in [5.41, 5.74) is 0.0473. The van der Waals surface area contributed by atoms with Gasteiger partial charge in [-0.3, -0.25) is 10.1 Å². The van der Waals surface area contributed by atoms with Crippen LogP contribution >= 0.6 is 15.9 Å². The molecule has 110 valence electrons. The first-order valence-corrected chi connectivity index (χ1v) is 7.58. The Morgan fingerprint density at radius 3 is 2.95 bits per heavy atom. The van der Waals surface area contributed by atoms with E-state index in [2.05, 4.69) is 26.2 Å². The van der Waals surface area contributed by atoms with Crippen molar-refractivity contribution in [1.82, 2.24) is 10.3 Å². The van der Waals surface area contributed by atoms with Crippen LogP contribution in [0.4, 0.5) is 11.5 Å². The molecule has 0 spiro atoms. The van der Waals surface area contributed by atoms with Crippen molar-refractivity contribution >= 4 is 27.4 Å². The lowest BCUT2D eigenvalue weighted by molar-refractivity contribution is -0.384. The quantitative estimate of drug-likeness (QED) is 0.657. The predicted octanol–water partition coefficient (Wildman–Crippen LogP) is 2.72. The Labute approximate surface area is 126 Å². The smallest absolute Gasteiger partial charge is 0.312 e. The fourth-order valence-electron chi connectivity index (χ4n) is 2.47. The van der Waals surface area contributed by atoms with Crippen LogP contribution in [0.15, 0.2) is 16.7 Å². The number of hydrogen-bond donors (Lipinski definition) is 1. The van der Waals surface area contributed by atoms with Crippen molar-refractivity contribution in [1.29, 1.82) is 0 Å². The summed E-state index contributed by atoms with van der Waals surface area (Å²) in [5.74, 6) is 0.446. The summed E-state index contributed by atoms with van der Waals surface area (Å²) in [6.45, 7) is 5.82. The van der Waals surface area contributed by atoms with Crippen molar-refractivity contribution in [2.24, 2.45) is 0 Å². The van der Waals surface area contributed by atoms with E-state index in [1.54, 1.807) is 6.20 Å². The van der Waals surface area contributed by atoms with Gasteiger partial charge in [-0.1, -0.05) is 0 Å². The number of aromatic nitrogens is 1. The SMILES string of the molecule is CC(C)N(CC1CCCN1)c1ncc(Br)cc1[N+](=O)[O-]. The average Bonchev–Trinajstić information content (AvgIpc) is 2.89. The molecule has 1 fully saturated rings. The van der Waals surface area contributed by atoms with Gasteiger partial charge in [0.15, 0.2) is 0 Å². The van der Waals surface area contributed by atoms with Gasteiger partial charge in [-0.05, 0) is 49.2 Å². The second-order valence-corrected chi connectivity index (χ2v) is 6.21. The molecule has 1 aromatic heterocycles. The highest BCUT2D eigenvalue weighted by atomic mass is 79.9. The van der Waals surface area contributed by atoms with E-state index < -0.39 is 0 Å². The molecule has 0 bridgehead atoms. The highest BCUT2D eigenvalue weighted by molar-refractivity contribution is 9.10. The van der Waals surface area contributed by atoms with Crippen LogP contribution in [-0.4, -0.2) is 35.1 Å². The van der Waals surface area contributed by atoms with Gasteiger partial charge in [0.1, 0.15) is 0 Å². The molecule has 1 unspecified atom stereocenters. The topological polar surface area (TPSA) is 71.3 Å². The monoisotopic (exact) mass is 342 g/mol. The van der Waals surface area contributed by atoms with E-state index in [4.69, 9.17) is 0 Å². The zero-order valence-corrected chi connectivity index (χ0v) is 13.3. The Bertz CT molecular complexity index is 489. The zero-order chi connectivity index (χ0) is 14.7. The summed E-state index contributed by atoms with van der Waals surface area (Å²) < 4.78 is 0.621. The molecule has 1 atom stereocenters. The van der Waals surface area contributed by atoms with Crippen LogP contribution in [-0.2, 0) is 0 Å². The minimum Gasteiger partial charge on any atom is -0.347 e. The maximum absolute atomic E-state index is 11.2. The first kappa shape index (κ1) is 15.2. The van der Waals surface area contributed by atoms with Gasteiger partial charge in [-0.15, -0.1) is 0 Å². The van der Waals surface area contributed by atoms with Crippen LogP contribution < -0.4 is 10.2 Å². The molecule has 1 aliphatic heterocycles. The van der Waals surface area contributed by atoms with Crippen LogP contribution in [0.5, 0.6) is 0 Å². The van der Waals surface area contributed by atoms with Gasteiger partial charge in [-0.2, -0.15) is 0 Å². The molecule has 0 amide bonds. The normalized spacial score (nSPS) is 18.5. The van der Waals surface area contributed by atoms with Crippen LogP contribution in [0.1, 0.15) is 26.7 Å². The van der Waals surface area contributed by atoms with E-state index in [0.29, 0.717) is 16.3 Å². The van der Waals surface area contributed by atoms with Crippen LogP contribution in [0.2, 0.25) is 0 Å². The van der Waals surface area contributed by atoms with Crippen molar-refractivity contribution < 1.29 is 4.92 Å². The highest BCUT2D eigenvalue weighted by Gasteiger charge is 2.27. The van der Waals surface area contributed by atoms with E-state index in [1.165, 1.54) is 6.07 Å². The molecule has 2 rings (SSSR count). The van der Waals surface area contributed by atoms with Gasteiger partial charge in [0.2, 0.25) is 5.82 Å². The lowest BCUT2D eigenvalue weighted by atomic mass is 10.2. The molecule has 0 aliphatic carbocycles. The number of hydrogen-bond acceptors (Lipinski definition) is 5. The Morgan fingerprint density at radius 1 is 1.65 bits per heavy atom. The molecule has 1 aliphatic rings. The fraction of sp³-hybridized carbons (Fsp3) is 0.615. The van der Waals surface area contributed by atoms with Gasteiger partial charge in [-0.25, -0.2) is 4.98 Å². The molecular formula is C13H19BrN4O2. The minimum absolute atomic E-state index is 0.0473. The summed E-state index contributed by atoms with van der Waals surface area (Å²) in [5, 5.41) is 14.7. The molecule has 0 saturated carbocycles. The summed E-state index contributed by atoms with van der Waals surface area (Å²) in [7, 11) is 0. The minimum atomic E-state index is -0.370. The molecule has 2 heterocycles. The second kappa shape index (κ2) is 6.49. The second-order valence-electron chi connectivity index (χ2n) is 5.29. The number of pyridine rings is 1. The largest absolute Gasteiger partial charge is 0.347 e. The van der Waals surface area contributed by atoms with E-state index in [0.717, 1.165) is 25.9 Å². The van der Waals surface area contributed by atoms with Crippen molar-refractivity contribution in [3.8, 4) is 0 Å². The Kier molecular flexibility index (Phi) is 4.93. The van der Waals surface area contributed by atoms with Crippen molar-refractivity contribution in [3.63, 3.8) is 0 Å². The zero-order valence-electron chi connectivity index (χ0n) is 11.7. The number of nitro groups is 1. The molecule has 6 nitrogen and oxygen atoms in total. The summed E-state index contributed by atoms with van der Waals surface area (Å²) in [4.78, 5) is 17.2. The first-order valence-electron chi connectivity index (χ1n) is 6.79. The molecule has 0 radical (unpaired) electrons. The highest BCUT2D eigenvalue weighted by Crippen LogP contribution is 2.30. The van der Waals surface area contributed by atoms with E-state index >= 15 is 0 Å². The predicted molar refractivity (Wildman–Crippen MR) is 82.1 cm³/mol. The van der Waals surface area contributed by atoms with Gasteiger partial charge in [0, 0.05) is 35.4 Å². The number of nitrogens with one attached hydrogen (secondary N) is 1. The lowest BCUT2D eigenvalue weighted by Crippen LogP contribution is -2.42. The standard InChI is InChI=1S/C13H19BrN4O2/c1-9(2)17(8-11-4-3-5-15-11)13-12(18(19)20)6-10(14)7-16-13/h6-7,9,11,15H,3-5,8H2,1-2H3. The summed E-state index contributed by atoms with van der Waals surface area (Å²) >= 11 is 3.24. The van der Waals surface area contributed by atoms with E-state index in [9.17, 15) is 10.1 Å². The number of rotatable bonds is 5. The van der Waals surface area contributed by atoms with Crippen LogP contribution in [0, 0.1) is 10.1 Å². The third-order valence-corrected chi connectivity index (χ3v) is 3.92. The molecule has 1 N–H and O–H groups in total. The molecular weight excluding hydrogens is 324 g/mol. The van der Waals surface area contributed by atoms with Gasteiger partial charge < -0.3 is 10.2 Å². The third-order valence-electron chi connectivity index (χ3n) is 3.49. The summed E-state index contributed by atoms with van der Waals surface area (Å²) in [6.07, 6.45) is 3.87. The van der Waals surface area contributed by atoms with Crippen molar-refractivity contribution in [2.45, 2.75) is 38.8 Å². The number of nitrogens with zero attached hydrogens (tertiary/aromatic N) is 3. The molecule has 20 heavy (non-hydrogen) atoms. The van der Waals surface area contributed by atoms with Gasteiger partial charge in [0.05, 0.1) is 4.92 Å². The lowest BCUT2D eigenvalue weighted by Gasteiger charge is -2.30. The fourth-order valence-corrected chi connectivity index (χ4v) is 2.79. The van der Waals surface area contributed by atoms with Gasteiger partial charge in [0.25, 0.3) is 0 Å². The molecule has 7 heteroatoms. The van der Waals surface area contributed by atoms with Crippen molar-refractivity contribution in [2.75, 3.05) is 18.0 Å². The van der Waals surface area contributed by atoms with E-state index in [-0.39, 0.29) is 16.7 Å². The van der Waals surface area contributed by atoms with Crippen LogP contribution in [0.3, 0.4) is 0 Å². The van der Waals surface area contributed by atoms with E-state index in [1.807, 2.05) is 18.7 Å². The number of halogens is 1. The first-order chi connectivity index (χ1) is 9.49. The Balaban J connectivity index is 2.30. The average molecular weight is 343 g/mol. The molecule has 1 saturated heterocycles. The van der Waals surface area contributed by atoms with Crippen molar-refractivity contribution in [3.05, 3.63) is 26.9 Å². The maximum atomic E-state index is 11.2. The third kappa shape index (κ3) is 3.46.